The second-order valence-electron chi connectivity index (χ2n) is 7.93. The fourth-order valence-corrected chi connectivity index (χ4v) is 4.97. The van der Waals surface area contributed by atoms with Crippen molar-refractivity contribution in [2.75, 3.05) is 0 Å². The Balaban J connectivity index is 1.85. The Morgan fingerprint density at radius 2 is 1.26 bits per heavy atom. The van der Waals surface area contributed by atoms with E-state index in [0.29, 0.717) is 26.5 Å². The topological polar surface area (TPSA) is 17.1 Å². The Labute approximate surface area is 202 Å². The van der Waals surface area contributed by atoms with Gasteiger partial charge in [0.15, 0.2) is 23.3 Å². The van der Waals surface area contributed by atoms with Crippen LogP contribution >= 0.6 is 0 Å². The molecule has 35 heavy (non-hydrogen) atoms. The summed E-state index contributed by atoms with van der Waals surface area (Å²) in [4.78, 5) is 1.13. The Morgan fingerprint density at radius 1 is 0.657 bits per heavy atom. The van der Waals surface area contributed by atoms with Crippen LogP contribution in [0.5, 0.6) is 0 Å². The quantitative estimate of drug-likeness (QED) is 0.118. The SMILES string of the molecule is Cc1ccc(S(=O)c2ccccc2-c2c(C)cccc2/C=C/c2c(F)c(F)c(F)c(F)c2F)cc1. The maximum absolute atomic E-state index is 14.2. The summed E-state index contributed by atoms with van der Waals surface area (Å²) in [7, 11) is -1.52. The molecule has 0 fully saturated rings. The molecule has 0 aliphatic carbocycles. The average molecular weight is 499 g/mol. The van der Waals surface area contributed by atoms with Crippen molar-refractivity contribution in [1.82, 2.24) is 0 Å². The van der Waals surface area contributed by atoms with Crippen molar-refractivity contribution in [2.45, 2.75) is 23.6 Å². The van der Waals surface area contributed by atoms with Gasteiger partial charge in [-0.15, -0.1) is 0 Å². The minimum Gasteiger partial charge on any atom is -0.249 e. The molecule has 1 atom stereocenters. The van der Waals surface area contributed by atoms with Crippen molar-refractivity contribution in [2.24, 2.45) is 0 Å². The van der Waals surface area contributed by atoms with Crippen LogP contribution in [0.2, 0.25) is 0 Å². The summed E-state index contributed by atoms with van der Waals surface area (Å²) in [6, 6.07) is 19.5. The predicted octanol–water partition coefficient (Wildman–Crippen LogP) is 8.00. The summed E-state index contributed by atoms with van der Waals surface area (Å²) >= 11 is 0. The van der Waals surface area contributed by atoms with Gasteiger partial charge in [0.25, 0.3) is 0 Å². The van der Waals surface area contributed by atoms with Crippen molar-refractivity contribution in [3.63, 3.8) is 0 Å². The van der Waals surface area contributed by atoms with E-state index in [1.54, 1.807) is 48.5 Å². The van der Waals surface area contributed by atoms with Gasteiger partial charge < -0.3 is 0 Å². The van der Waals surface area contributed by atoms with Gasteiger partial charge in [0.2, 0.25) is 5.82 Å². The van der Waals surface area contributed by atoms with Gasteiger partial charge in [-0.1, -0.05) is 60.2 Å². The van der Waals surface area contributed by atoms with E-state index in [0.717, 1.165) is 17.2 Å². The highest BCUT2D eigenvalue weighted by atomic mass is 32.2. The standard InChI is InChI=1S/C28H19F5OS/c1-16-10-13-19(14-11-16)35(34)22-9-4-3-8-20(22)23-17(2)6-5-7-18(23)12-15-21-24(29)26(31)28(33)27(32)25(21)30/h3-15H,1-2H3/b15-12+. The van der Waals surface area contributed by atoms with Crippen LogP contribution in [0.4, 0.5) is 22.0 Å². The van der Waals surface area contributed by atoms with Gasteiger partial charge in [-0.05, 0) is 60.4 Å². The lowest BCUT2D eigenvalue weighted by molar-refractivity contribution is 0.377. The summed E-state index contributed by atoms with van der Waals surface area (Å²) in [5.74, 6) is -10.0. The van der Waals surface area contributed by atoms with E-state index in [4.69, 9.17) is 0 Å². The number of aryl methyl sites for hydroxylation is 2. The highest BCUT2D eigenvalue weighted by molar-refractivity contribution is 7.85. The Hall–Kier alpha value is -3.58. The third-order valence-electron chi connectivity index (χ3n) is 5.57. The molecule has 4 rings (SSSR count). The third kappa shape index (κ3) is 4.68. The van der Waals surface area contributed by atoms with E-state index in [1.807, 2.05) is 32.0 Å². The fraction of sp³-hybridized carbons (Fsp3) is 0.0714. The number of rotatable bonds is 5. The molecular formula is C28H19F5OS. The molecule has 0 heterocycles. The molecule has 0 aliphatic heterocycles. The predicted molar refractivity (Wildman–Crippen MR) is 128 cm³/mol. The lowest BCUT2D eigenvalue weighted by Gasteiger charge is -2.15. The zero-order valence-electron chi connectivity index (χ0n) is 18.7. The van der Waals surface area contributed by atoms with Gasteiger partial charge >= 0.3 is 0 Å². The molecular weight excluding hydrogens is 479 g/mol. The van der Waals surface area contributed by atoms with Crippen LogP contribution in [-0.2, 0) is 10.8 Å². The Bertz CT molecular complexity index is 1450. The molecule has 4 aromatic carbocycles. The molecule has 0 saturated heterocycles. The van der Waals surface area contributed by atoms with Crippen LogP contribution in [0.3, 0.4) is 0 Å². The van der Waals surface area contributed by atoms with Gasteiger partial charge in [0.1, 0.15) is 0 Å². The second-order valence-corrected chi connectivity index (χ2v) is 9.38. The van der Waals surface area contributed by atoms with Gasteiger partial charge in [0, 0.05) is 4.90 Å². The second kappa shape index (κ2) is 9.96. The zero-order valence-corrected chi connectivity index (χ0v) is 19.5. The van der Waals surface area contributed by atoms with E-state index in [2.05, 4.69) is 0 Å². The normalized spacial score (nSPS) is 12.3. The molecule has 0 aliphatic rings. The minimum absolute atomic E-state index is 0.460. The Kier molecular flexibility index (Phi) is 6.98. The van der Waals surface area contributed by atoms with Crippen LogP contribution in [0.15, 0.2) is 76.5 Å². The fourth-order valence-electron chi connectivity index (χ4n) is 3.76. The number of hydrogen-bond donors (Lipinski definition) is 0. The molecule has 0 N–H and O–H groups in total. The molecule has 0 bridgehead atoms. The number of halogens is 5. The summed E-state index contributed by atoms with van der Waals surface area (Å²) in [6.07, 6.45) is 2.14. The van der Waals surface area contributed by atoms with Crippen LogP contribution < -0.4 is 0 Å². The monoisotopic (exact) mass is 498 g/mol. The lowest BCUT2D eigenvalue weighted by Crippen LogP contribution is -2.03. The van der Waals surface area contributed by atoms with Crippen molar-refractivity contribution in [3.05, 3.63) is 118 Å². The van der Waals surface area contributed by atoms with Crippen molar-refractivity contribution in [3.8, 4) is 11.1 Å². The highest BCUT2D eigenvalue weighted by Gasteiger charge is 2.24. The molecule has 1 unspecified atom stereocenters. The first kappa shape index (κ1) is 24.5. The van der Waals surface area contributed by atoms with E-state index < -0.39 is 45.4 Å². The molecule has 0 spiro atoms. The number of hydrogen-bond acceptors (Lipinski definition) is 1. The first-order valence-electron chi connectivity index (χ1n) is 10.6. The van der Waals surface area contributed by atoms with Crippen molar-refractivity contribution in [1.29, 1.82) is 0 Å². The molecule has 0 saturated carbocycles. The summed E-state index contributed by atoms with van der Waals surface area (Å²) in [5, 5.41) is 0. The maximum atomic E-state index is 14.2. The minimum atomic E-state index is -2.21. The van der Waals surface area contributed by atoms with Crippen LogP contribution in [0, 0.1) is 42.9 Å². The summed E-state index contributed by atoms with van der Waals surface area (Å²) < 4.78 is 82.5. The van der Waals surface area contributed by atoms with Gasteiger partial charge in [-0.25, -0.2) is 26.2 Å². The van der Waals surface area contributed by atoms with E-state index >= 15 is 0 Å². The molecule has 0 radical (unpaired) electrons. The molecule has 178 valence electrons. The molecule has 0 aromatic heterocycles. The molecule has 4 aromatic rings. The molecule has 7 heteroatoms. The van der Waals surface area contributed by atoms with Gasteiger partial charge in [-0.3, -0.25) is 0 Å². The first-order chi connectivity index (χ1) is 16.7. The Morgan fingerprint density at radius 3 is 1.91 bits per heavy atom. The largest absolute Gasteiger partial charge is 0.249 e. The van der Waals surface area contributed by atoms with Crippen molar-refractivity contribution >= 4 is 23.0 Å². The average Bonchev–Trinajstić information content (AvgIpc) is 2.86. The zero-order chi connectivity index (χ0) is 25.3. The van der Waals surface area contributed by atoms with Crippen LogP contribution in [0.1, 0.15) is 22.3 Å². The van der Waals surface area contributed by atoms with Crippen LogP contribution in [-0.4, -0.2) is 4.21 Å². The maximum Gasteiger partial charge on any atom is 0.200 e. The van der Waals surface area contributed by atoms with E-state index in [-0.39, 0.29) is 0 Å². The third-order valence-corrected chi connectivity index (χ3v) is 7.03. The highest BCUT2D eigenvalue weighted by Crippen LogP contribution is 2.35. The van der Waals surface area contributed by atoms with Crippen molar-refractivity contribution < 1.29 is 26.2 Å². The van der Waals surface area contributed by atoms with Crippen LogP contribution in [0.25, 0.3) is 23.3 Å². The molecule has 1 nitrogen and oxygen atoms in total. The van der Waals surface area contributed by atoms with E-state index in [1.165, 1.54) is 6.08 Å². The van der Waals surface area contributed by atoms with Gasteiger partial charge in [-0.2, -0.15) is 0 Å². The molecule has 0 amide bonds. The van der Waals surface area contributed by atoms with Gasteiger partial charge in [0.05, 0.1) is 21.3 Å². The number of benzene rings is 4. The summed E-state index contributed by atoms with van der Waals surface area (Å²) in [6.45, 7) is 3.74. The van der Waals surface area contributed by atoms with E-state index in [9.17, 15) is 26.2 Å². The first-order valence-corrected chi connectivity index (χ1v) is 11.7. The lowest BCUT2D eigenvalue weighted by atomic mass is 9.94. The summed E-state index contributed by atoms with van der Waals surface area (Å²) in [5.41, 5.74) is 2.48. The smallest absolute Gasteiger partial charge is 0.200 e.